The van der Waals surface area contributed by atoms with Crippen LogP contribution in [0.1, 0.15) is 16.2 Å². The third-order valence-electron chi connectivity index (χ3n) is 2.42. The number of nitrogen functional groups attached to an aromatic ring is 1. The summed E-state index contributed by atoms with van der Waals surface area (Å²) in [6.45, 7) is -0.143. The van der Waals surface area contributed by atoms with Gasteiger partial charge in [-0.25, -0.2) is 22.9 Å². The lowest BCUT2D eigenvalue weighted by Gasteiger charge is -2.09. The van der Waals surface area contributed by atoms with Crippen LogP contribution < -0.4 is 10.5 Å². The summed E-state index contributed by atoms with van der Waals surface area (Å²) in [4.78, 5) is 14.4. The van der Waals surface area contributed by atoms with Crippen molar-refractivity contribution < 1.29 is 18.3 Å². The van der Waals surface area contributed by atoms with Gasteiger partial charge in [0.1, 0.15) is 12.2 Å². The van der Waals surface area contributed by atoms with Gasteiger partial charge in [-0.1, -0.05) is 0 Å². The summed E-state index contributed by atoms with van der Waals surface area (Å²) in [6.07, 6.45) is 1.23. The molecule has 0 bridgehead atoms. The van der Waals surface area contributed by atoms with Crippen molar-refractivity contribution in [1.29, 1.82) is 0 Å². The van der Waals surface area contributed by atoms with Gasteiger partial charge in [0.15, 0.2) is 0 Å². The van der Waals surface area contributed by atoms with E-state index in [0.717, 1.165) is 12.1 Å². The zero-order chi connectivity index (χ0) is 14.8. The van der Waals surface area contributed by atoms with Gasteiger partial charge < -0.3 is 10.8 Å². The maximum atomic E-state index is 12.1. The average molecular weight is 297 g/mol. The summed E-state index contributed by atoms with van der Waals surface area (Å²) >= 11 is 0. The number of rotatable bonds is 5. The number of sulfonamides is 1. The van der Waals surface area contributed by atoms with Crippen molar-refractivity contribution in [2.75, 3.05) is 5.73 Å². The third-order valence-corrected chi connectivity index (χ3v) is 3.86. The number of benzene rings is 1. The van der Waals surface area contributed by atoms with Crippen molar-refractivity contribution in [2.24, 2.45) is 0 Å². The van der Waals surface area contributed by atoms with Crippen LogP contribution in [0, 0.1) is 0 Å². The van der Waals surface area contributed by atoms with Gasteiger partial charge in [-0.2, -0.15) is 5.10 Å². The highest BCUT2D eigenvalue weighted by molar-refractivity contribution is 7.89. The van der Waals surface area contributed by atoms with E-state index in [2.05, 4.69) is 19.9 Å². The van der Waals surface area contributed by atoms with Gasteiger partial charge in [-0.3, -0.25) is 5.10 Å². The molecule has 0 saturated carbocycles. The lowest BCUT2D eigenvalue weighted by molar-refractivity contribution is 0.0692. The van der Waals surface area contributed by atoms with Gasteiger partial charge in [0, 0.05) is 5.69 Å². The second-order valence-electron chi connectivity index (χ2n) is 3.82. The third kappa shape index (κ3) is 2.92. The Hall–Kier alpha value is -2.46. The molecule has 0 aliphatic rings. The normalized spacial score (nSPS) is 11.4. The molecule has 5 N–H and O–H groups in total. The monoisotopic (exact) mass is 297 g/mol. The summed E-state index contributed by atoms with van der Waals surface area (Å²) in [6, 6.07) is 3.55. The van der Waals surface area contributed by atoms with Crippen LogP contribution in [0.4, 0.5) is 5.69 Å². The number of hydrogen-bond donors (Lipinski definition) is 4. The van der Waals surface area contributed by atoms with Crippen molar-refractivity contribution >= 4 is 21.7 Å². The lowest BCUT2D eigenvalue weighted by Crippen LogP contribution is -2.25. The molecule has 0 radical (unpaired) electrons. The molecule has 0 amide bonds. The lowest BCUT2D eigenvalue weighted by atomic mass is 10.2. The Bertz CT molecular complexity index is 726. The number of aromatic carboxylic acids is 1. The molecule has 20 heavy (non-hydrogen) atoms. The first-order valence-corrected chi connectivity index (χ1v) is 6.85. The molecule has 0 atom stereocenters. The van der Waals surface area contributed by atoms with E-state index >= 15 is 0 Å². The van der Waals surface area contributed by atoms with E-state index in [1.807, 2.05) is 0 Å². The number of nitrogens with zero attached hydrogens (tertiary/aromatic N) is 2. The number of carboxylic acids is 1. The van der Waals surface area contributed by atoms with E-state index in [4.69, 9.17) is 10.8 Å². The summed E-state index contributed by atoms with van der Waals surface area (Å²) in [7, 11) is -4.03. The quantitative estimate of drug-likeness (QED) is 0.546. The second kappa shape index (κ2) is 5.27. The van der Waals surface area contributed by atoms with E-state index < -0.39 is 20.9 Å². The maximum absolute atomic E-state index is 12.1. The SMILES string of the molecule is Nc1ccc(C(=O)O)c(S(=O)(=O)NCc2ncn[nH]2)c1. The standard InChI is InChI=1S/C10H11N5O4S/c11-6-1-2-7(10(16)17)8(3-6)20(18,19)14-4-9-12-5-13-15-9/h1-3,5,14H,4,11H2,(H,16,17)(H,12,13,15). The van der Waals surface area contributed by atoms with Crippen LogP contribution in [-0.2, 0) is 16.6 Å². The Kier molecular flexibility index (Phi) is 3.68. The van der Waals surface area contributed by atoms with Gasteiger partial charge in [-0.05, 0) is 18.2 Å². The Labute approximate surface area is 113 Å². The molecule has 0 unspecified atom stereocenters. The second-order valence-corrected chi connectivity index (χ2v) is 5.55. The molecule has 2 rings (SSSR count). The zero-order valence-corrected chi connectivity index (χ0v) is 10.9. The Morgan fingerprint density at radius 3 is 2.80 bits per heavy atom. The number of anilines is 1. The number of H-pyrrole nitrogens is 1. The maximum Gasteiger partial charge on any atom is 0.337 e. The molecule has 0 saturated heterocycles. The summed E-state index contributed by atoms with van der Waals surface area (Å²) in [5.41, 5.74) is 5.29. The van der Waals surface area contributed by atoms with Crippen LogP contribution in [0.2, 0.25) is 0 Å². The summed E-state index contributed by atoms with van der Waals surface area (Å²) in [5, 5.41) is 15.1. The summed E-state index contributed by atoms with van der Waals surface area (Å²) in [5.74, 6) is -1.06. The van der Waals surface area contributed by atoms with Crippen molar-refractivity contribution in [2.45, 2.75) is 11.4 Å². The minimum absolute atomic E-state index is 0.143. The van der Waals surface area contributed by atoms with Crippen LogP contribution in [0.3, 0.4) is 0 Å². The smallest absolute Gasteiger partial charge is 0.337 e. The van der Waals surface area contributed by atoms with Crippen molar-refractivity contribution in [3.05, 3.63) is 35.9 Å². The van der Waals surface area contributed by atoms with E-state index in [0.29, 0.717) is 5.82 Å². The van der Waals surface area contributed by atoms with Crippen molar-refractivity contribution in [1.82, 2.24) is 19.9 Å². The molecule has 2 aromatic rings. The van der Waals surface area contributed by atoms with E-state index in [1.54, 1.807) is 0 Å². The first kappa shape index (κ1) is 14.0. The van der Waals surface area contributed by atoms with Crippen LogP contribution in [0.5, 0.6) is 0 Å². The average Bonchev–Trinajstić information content (AvgIpc) is 2.89. The van der Waals surface area contributed by atoms with Gasteiger partial charge in [0.25, 0.3) is 0 Å². The molecule has 106 valence electrons. The largest absolute Gasteiger partial charge is 0.478 e. The highest BCUT2D eigenvalue weighted by atomic mass is 32.2. The fourth-order valence-electron chi connectivity index (χ4n) is 1.50. The molecule has 0 spiro atoms. The molecule has 0 aliphatic carbocycles. The number of aromatic nitrogens is 3. The predicted molar refractivity (Wildman–Crippen MR) is 68.2 cm³/mol. The molecule has 9 nitrogen and oxygen atoms in total. The fourth-order valence-corrected chi connectivity index (χ4v) is 2.71. The Balaban J connectivity index is 2.33. The number of nitrogens with two attached hydrogens (primary N) is 1. The molecule has 10 heteroatoms. The minimum Gasteiger partial charge on any atom is -0.478 e. The number of nitrogens with one attached hydrogen (secondary N) is 2. The highest BCUT2D eigenvalue weighted by Crippen LogP contribution is 2.19. The number of hydrogen-bond acceptors (Lipinski definition) is 6. The zero-order valence-electron chi connectivity index (χ0n) is 10.1. The molecule has 1 heterocycles. The Morgan fingerprint density at radius 1 is 1.45 bits per heavy atom. The first-order chi connectivity index (χ1) is 9.40. The topological polar surface area (TPSA) is 151 Å². The predicted octanol–water partition coefficient (Wildman–Crippen LogP) is -0.436. The number of carboxylic acid groups (broad SMARTS) is 1. The van der Waals surface area contributed by atoms with Crippen molar-refractivity contribution in [3.8, 4) is 0 Å². The molecular formula is C10H11N5O4S. The van der Waals surface area contributed by atoms with Crippen molar-refractivity contribution in [3.63, 3.8) is 0 Å². The van der Waals surface area contributed by atoms with E-state index in [1.165, 1.54) is 12.4 Å². The highest BCUT2D eigenvalue weighted by Gasteiger charge is 2.22. The molecule has 0 aliphatic heterocycles. The minimum atomic E-state index is -4.03. The molecule has 1 aromatic carbocycles. The van der Waals surface area contributed by atoms with Gasteiger partial charge in [-0.15, -0.1) is 0 Å². The molecular weight excluding hydrogens is 286 g/mol. The molecule has 1 aromatic heterocycles. The van der Waals surface area contributed by atoms with Gasteiger partial charge in [0.05, 0.1) is 17.0 Å². The van der Waals surface area contributed by atoms with Crippen LogP contribution >= 0.6 is 0 Å². The van der Waals surface area contributed by atoms with E-state index in [9.17, 15) is 13.2 Å². The Morgan fingerprint density at radius 2 is 2.20 bits per heavy atom. The fraction of sp³-hybridized carbons (Fsp3) is 0.100. The van der Waals surface area contributed by atoms with Crippen LogP contribution in [0.15, 0.2) is 29.4 Å². The van der Waals surface area contributed by atoms with Crippen LogP contribution in [0.25, 0.3) is 0 Å². The number of aromatic amines is 1. The van der Waals surface area contributed by atoms with Gasteiger partial charge in [0.2, 0.25) is 10.0 Å². The van der Waals surface area contributed by atoms with Crippen LogP contribution in [-0.4, -0.2) is 34.7 Å². The van der Waals surface area contributed by atoms with Gasteiger partial charge >= 0.3 is 5.97 Å². The number of carbonyl (C=O) groups is 1. The summed E-state index contributed by atoms with van der Waals surface area (Å²) < 4.78 is 26.4. The molecule has 0 fully saturated rings. The first-order valence-electron chi connectivity index (χ1n) is 5.37. The van der Waals surface area contributed by atoms with E-state index in [-0.39, 0.29) is 17.8 Å².